The number of hydrogen-bond donors (Lipinski definition) is 4. The first-order valence-electron chi connectivity index (χ1n) is 7.74. The van der Waals surface area contributed by atoms with Crippen molar-refractivity contribution in [1.29, 1.82) is 0 Å². The molecule has 5 N–H and O–H groups in total. The van der Waals surface area contributed by atoms with E-state index < -0.39 is 42.3 Å². The number of carbonyl (C=O) groups is 2. The number of aliphatic hydroxyl groups excluding tert-OH is 2. The van der Waals surface area contributed by atoms with E-state index in [2.05, 4.69) is 4.98 Å². The van der Waals surface area contributed by atoms with Gasteiger partial charge in [0.2, 0.25) is 5.88 Å². The molecule has 1 aliphatic heterocycles. The number of carbonyl (C=O) groups excluding carboxylic acids is 2. The Morgan fingerprint density at radius 3 is 2.52 bits per heavy atom. The molecule has 0 spiro atoms. The molecule has 10 nitrogen and oxygen atoms in total. The van der Waals surface area contributed by atoms with Crippen molar-refractivity contribution in [3.63, 3.8) is 0 Å². The average molecular weight is 357 g/mol. The summed E-state index contributed by atoms with van der Waals surface area (Å²) < 4.78 is 11.5. The smallest absolute Gasteiger partial charge is 0.306 e. The Balaban J connectivity index is 2.03. The zero-order valence-corrected chi connectivity index (χ0v) is 14.2. The molecule has 10 heteroatoms. The summed E-state index contributed by atoms with van der Waals surface area (Å²) in [6, 6.07) is 0. The number of esters is 1. The van der Waals surface area contributed by atoms with Crippen LogP contribution in [0, 0.1) is 5.41 Å². The van der Waals surface area contributed by atoms with Crippen LogP contribution in [0.3, 0.4) is 0 Å². The van der Waals surface area contributed by atoms with Crippen LogP contribution in [0.4, 0.5) is 0 Å². The molecule has 1 aliphatic rings. The average Bonchev–Trinajstić information content (AvgIpc) is 2.97. The summed E-state index contributed by atoms with van der Waals surface area (Å²) in [5.41, 5.74) is 4.43. The van der Waals surface area contributed by atoms with Gasteiger partial charge in [0.25, 0.3) is 5.91 Å². The zero-order chi connectivity index (χ0) is 18.9. The molecule has 1 aromatic heterocycles. The highest BCUT2D eigenvalue weighted by atomic mass is 16.6. The van der Waals surface area contributed by atoms with Gasteiger partial charge in [0.1, 0.15) is 31.2 Å². The number of amides is 1. The van der Waals surface area contributed by atoms with E-state index in [1.54, 1.807) is 0 Å². The van der Waals surface area contributed by atoms with Gasteiger partial charge in [-0.1, -0.05) is 20.8 Å². The van der Waals surface area contributed by atoms with Gasteiger partial charge in [0, 0.05) is 0 Å². The van der Waals surface area contributed by atoms with E-state index in [1.807, 2.05) is 20.8 Å². The standard InChI is InChI=1S/C15H23N3O7/c1-15(2,3)4-8(19)24-5-7-10(20)11(21)14(25-7)18-6-17-9(12(16)22)13(18)23/h6-7,10-11,14,20-21,23H,4-5H2,1-3H3,(H2,16,22)/t7-,10?,11-,14-/m1/s1. The molecule has 140 valence electrons. The van der Waals surface area contributed by atoms with E-state index in [-0.39, 0.29) is 24.1 Å². The number of hydrogen-bond acceptors (Lipinski definition) is 8. The van der Waals surface area contributed by atoms with Crippen molar-refractivity contribution in [2.75, 3.05) is 6.61 Å². The lowest BCUT2D eigenvalue weighted by atomic mass is 9.92. The first-order chi connectivity index (χ1) is 11.5. The van der Waals surface area contributed by atoms with Crippen molar-refractivity contribution in [2.24, 2.45) is 11.1 Å². The van der Waals surface area contributed by atoms with Crippen LogP contribution in [0.15, 0.2) is 6.33 Å². The summed E-state index contributed by atoms with van der Waals surface area (Å²) >= 11 is 0. The lowest BCUT2D eigenvalue weighted by Crippen LogP contribution is -2.34. The van der Waals surface area contributed by atoms with Crippen LogP contribution in [-0.4, -0.2) is 61.7 Å². The van der Waals surface area contributed by atoms with Crippen molar-refractivity contribution in [3.05, 3.63) is 12.0 Å². The summed E-state index contributed by atoms with van der Waals surface area (Å²) in [6.45, 7) is 5.38. The molecular formula is C15H23N3O7. The van der Waals surface area contributed by atoms with Crippen LogP contribution in [-0.2, 0) is 14.3 Å². The maximum atomic E-state index is 11.8. The molecule has 0 radical (unpaired) electrons. The first-order valence-corrected chi connectivity index (χ1v) is 7.74. The fourth-order valence-electron chi connectivity index (χ4n) is 2.47. The highest BCUT2D eigenvalue weighted by Gasteiger charge is 2.45. The van der Waals surface area contributed by atoms with Gasteiger partial charge in [-0.25, -0.2) is 4.98 Å². The van der Waals surface area contributed by atoms with Crippen molar-refractivity contribution in [3.8, 4) is 5.88 Å². The third-order valence-corrected chi connectivity index (χ3v) is 3.70. The van der Waals surface area contributed by atoms with E-state index in [0.717, 1.165) is 10.9 Å². The fourth-order valence-corrected chi connectivity index (χ4v) is 2.47. The minimum absolute atomic E-state index is 0.187. The molecule has 4 atom stereocenters. The van der Waals surface area contributed by atoms with Gasteiger partial charge in [-0.3, -0.25) is 14.2 Å². The highest BCUT2D eigenvalue weighted by molar-refractivity contribution is 5.93. The normalized spacial score (nSPS) is 26.6. The van der Waals surface area contributed by atoms with Gasteiger partial charge < -0.3 is 30.5 Å². The minimum atomic E-state index is -1.42. The second kappa shape index (κ2) is 6.98. The maximum Gasteiger partial charge on any atom is 0.306 e. The Labute approximate surface area is 144 Å². The molecule has 0 bridgehead atoms. The summed E-state index contributed by atoms with van der Waals surface area (Å²) in [5.74, 6) is -1.99. The van der Waals surface area contributed by atoms with E-state index in [4.69, 9.17) is 15.2 Å². The van der Waals surface area contributed by atoms with E-state index in [9.17, 15) is 24.9 Å². The largest absolute Gasteiger partial charge is 0.493 e. The monoisotopic (exact) mass is 357 g/mol. The Kier molecular flexibility index (Phi) is 5.35. The van der Waals surface area contributed by atoms with E-state index >= 15 is 0 Å². The Morgan fingerprint density at radius 1 is 1.36 bits per heavy atom. The van der Waals surface area contributed by atoms with Crippen LogP contribution in [0.5, 0.6) is 5.88 Å². The molecule has 2 rings (SSSR count). The number of primary amides is 1. The quantitative estimate of drug-likeness (QED) is 0.503. The van der Waals surface area contributed by atoms with Crippen LogP contribution >= 0.6 is 0 Å². The van der Waals surface area contributed by atoms with Crippen LogP contribution in [0.25, 0.3) is 0 Å². The Hall–Kier alpha value is -2.17. The van der Waals surface area contributed by atoms with Gasteiger partial charge in [-0.15, -0.1) is 0 Å². The SMILES string of the molecule is CC(C)(C)CC(=O)OC[C@H]1O[C@@H](n2cnc(C(N)=O)c2O)[C@H](O)C1O. The molecular weight excluding hydrogens is 334 g/mol. The van der Waals surface area contributed by atoms with Crippen molar-refractivity contribution in [1.82, 2.24) is 9.55 Å². The molecule has 0 aromatic carbocycles. The predicted molar refractivity (Wildman–Crippen MR) is 83.4 cm³/mol. The molecule has 2 heterocycles. The third kappa shape index (κ3) is 4.27. The molecule has 25 heavy (non-hydrogen) atoms. The van der Waals surface area contributed by atoms with Gasteiger partial charge in [-0.05, 0) is 5.41 Å². The summed E-state index contributed by atoms with van der Waals surface area (Å²) in [6.07, 6.45) is -3.74. The van der Waals surface area contributed by atoms with Gasteiger partial charge in [0.05, 0.1) is 6.42 Å². The van der Waals surface area contributed by atoms with E-state index in [1.165, 1.54) is 0 Å². The molecule has 1 aromatic rings. The van der Waals surface area contributed by atoms with E-state index in [0.29, 0.717) is 0 Å². The van der Waals surface area contributed by atoms with Gasteiger partial charge in [-0.2, -0.15) is 0 Å². The molecule has 0 aliphatic carbocycles. The first kappa shape index (κ1) is 19.2. The number of nitrogens with two attached hydrogens (primary N) is 1. The summed E-state index contributed by atoms with van der Waals surface area (Å²) in [7, 11) is 0. The number of aromatic nitrogens is 2. The lowest BCUT2D eigenvalue weighted by molar-refractivity contribution is -0.152. The second-order valence-electron chi connectivity index (χ2n) is 7.16. The molecule has 0 saturated carbocycles. The van der Waals surface area contributed by atoms with Gasteiger partial charge >= 0.3 is 5.97 Å². The number of imidazole rings is 1. The third-order valence-electron chi connectivity index (χ3n) is 3.70. The predicted octanol–water partition coefficient (Wildman–Crippen LogP) is -0.714. The number of nitrogens with zero attached hydrogens (tertiary/aromatic N) is 2. The second-order valence-corrected chi connectivity index (χ2v) is 7.16. The molecule has 1 amide bonds. The number of rotatable bonds is 5. The summed E-state index contributed by atoms with van der Waals surface area (Å²) in [4.78, 5) is 26.5. The van der Waals surface area contributed by atoms with Gasteiger partial charge in [0.15, 0.2) is 11.9 Å². The summed E-state index contributed by atoms with van der Waals surface area (Å²) in [5, 5.41) is 30.1. The number of ether oxygens (including phenoxy) is 2. The Bertz CT molecular complexity index is 652. The molecule has 1 saturated heterocycles. The molecule has 1 unspecified atom stereocenters. The van der Waals surface area contributed by atoms with Crippen molar-refractivity contribution >= 4 is 11.9 Å². The molecule has 1 fully saturated rings. The number of aromatic hydroxyl groups is 1. The van der Waals surface area contributed by atoms with Crippen LogP contribution < -0.4 is 5.73 Å². The maximum absolute atomic E-state index is 11.8. The van der Waals surface area contributed by atoms with Crippen LogP contribution in [0.2, 0.25) is 0 Å². The van der Waals surface area contributed by atoms with Crippen molar-refractivity contribution < 1.29 is 34.4 Å². The minimum Gasteiger partial charge on any atom is -0.493 e. The van der Waals surface area contributed by atoms with Crippen LogP contribution in [0.1, 0.15) is 43.9 Å². The number of aliphatic hydroxyl groups is 2. The zero-order valence-electron chi connectivity index (χ0n) is 14.2. The van der Waals surface area contributed by atoms with Crippen molar-refractivity contribution in [2.45, 2.75) is 51.7 Å². The lowest BCUT2D eigenvalue weighted by Gasteiger charge is -2.19. The highest BCUT2D eigenvalue weighted by Crippen LogP contribution is 2.33. The fraction of sp³-hybridized carbons (Fsp3) is 0.667. The Morgan fingerprint density at radius 2 is 2.00 bits per heavy atom. The topological polar surface area (TPSA) is 157 Å².